The van der Waals surface area contributed by atoms with Crippen LogP contribution in [0.2, 0.25) is 0 Å². The minimum atomic E-state index is 0. The van der Waals surface area contributed by atoms with Gasteiger partial charge in [-0.15, -0.1) is 12.4 Å². The first-order chi connectivity index (χ1) is 7.31. The first kappa shape index (κ1) is 12.4. The van der Waals surface area contributed by atoms with Gasteiger partial charge in [0, 0.05) is 17.3 Å². The van der Waals surface area contributed by atoms with Crippen molar-refractivity contribution in [3.63, 3.8) is 0 Å². The van der Waals surface area contributed by atoms with E-state index in [4.69, 9.17) is 10.5 Å². The first-order valence-electron chi connectivity index (χ1n) is 4.80. The van der Waals surface area contributed by atoms with Crippen LogP contribution in [0.3, 0.4) is 0 Å². The van der Waals surface area contributed by atoms with E-state index in [0.717, 1.165) is 16.9 Å². The summed E-state index contributed by atoms with van der Waals surface area (Å²) in [5.74, 6) is 0.807. The van der Waals surface area contributed by atoms with E-state index >= 15 is 0 Å². The monoisotopic (exact) mass is 235 g/mol. The van der Waals surface area contributed by atoms with Crippen molar-refractivity contribution in [3.8, 4) is 16.9 Å². The number of hydrogen-bond acceptors (Lipinski definition) is 2. The second kappa shape index (κ2) is 5.42. The number of hydrogen-bond donors (Lipinski definition) is 1. The number of halogens is 1. The molecule has 0 saturated heterocycles. The Bertz CT molecular complexity index is 457. The van der Waals surface area contributed by atoms with Gasteiger partial charge in [0.15, 0.2) is 0 Å². The zero-order chi connectivity index (χ0) is 10.7. The van der Waals surface area contributed by atoms with Gasteiger partial charge in [0.25, 0.3) is 0 Å². The van der Waals surface area contributed by atoms with Crippen molar-refractivity contribution in [1.82, 2.24) is 0 Å². The van der Waals surface area contributed by atoms with Crippen molar-refractivity contribution in [3.05, 3.63) is 48.5 Å². The van der Waals surface area contributed by atoms with Crippen LogP contribution in [0.1, 0.15) is 0 Å². The summed E-state index contributed by atoms with van der Waals surface area (Å²) >= 11 is 0. The predicted octanol–water partition coefficient (Wildman–Crippen LogP) is 3.37. The van der Waals surface area contributed by atoms with E-state index in [2.05, 4.69) is 0 Å². The summed E-state index contributed by atoms with van der Waals surface area (Å²) in [5.41, 5.74) is 8.61. The highest BCUT2D eigenvalue weighted by Gasteiger charge is 2.04. The van der Waals surface area contributed by atoms with Crippen molar-refractivity contribution >= 4 is 18.1 Å². The Labute approximate surface area is 101 Å². The van der Waals surface area contributed by atoms with Crippen molar-refractivity contribution in [2.24, 2.45) is 0 Å². The van der Waals surface area contributed by atoms with Gasteiger partial charge in [-0.1, -0.05) is 30.3 Å². The van der Waals surface area contributed by atoms with Crippen LogP contribution in [-0.4, -0.2) is 7.11 Å². The third kappa shape index (κ3) is 2.47. The molecule has 0 unspecified atom stereocenters. The lowest BCUT2D eigenvalue weighted by Gasteiger charge is -2.09. The lowest BCUT2D eigenvalue weighted by molar-refractivity contribution is 0.416. The molecule has 0 amide bonds. The van der Waals surface area contributed by atoms with Crippen LogP contribution < -0.4 is 10.5 Å². The van der Waals surface area contributed by atoms with Gasteiger partial charge in [-0.25, -0.2) is 0 Å². The third-order valence-electron chi connectivity index (χ3n) is 2.31. The largest absolute Gasteiger partial charge is 0.496 e. The molecule has 0 saturated carbocycles. The Kier molecular flexibility index (Phi) is 4.20. The van der Waals surface area contributed by atoms with Gasteiger partial charge in [0.2, 0.25) is 0 Å². The number of rotatable bonds is 2. The van der Waals surface area contributed by atoms with Crippen LogP contribution >= 0.6 is 12.4 Å². The van der Waals surface area contributed by atoms with Crippen LogP contribution in [0.25, 0.3) is 11.1 Å². The smallest absolute Gasteiger partial charge is 0.128 e. The van der Waals surface area contributed by atoms with E-state index in [9.17, 15) is 0 Å². The van der Waals surface area contributed by atoms with Gasteiger partial charge in [0.05, 0.1) is 7.11 Å². The molecule has 2 aromatic carbocycles. The maximum absolute atomic E-state index is 5.70. The van der Waals surface area contributed by atoms with E-state index in [1.807, 2.05) is 48.5 Å². The maximum atomic E-state index is 5.70. The van der Waals surface area contributed by atoms with Crippen molar-refractivity contribution in [2.45, 2.75) is 0 Å². The highest BCUT2D eigenvalue weighted by atomic mass is 35.5. The normalized spacial score (nSPS) is 9.31. The number of nitrogens with two attached hydrogens (primary N) is 1. The fourth-order valence-corrected chi connectivity index (χ4v) is 1.56. The summed E-state index contributed by atoms with van der Waals surface area (Å²) in [5, 5.41) is 0. The fraction of sp³-hybridized carbons (Fsp3) is 0.0769. The van der Waals surface area contributed by atoms with Crippen LogP contribution in [0.5, 0.6) is 5.75 Å². The highest BCUT2D eigenvalue weighted by molar-refractivity contribution is 5.85. The number of nitrogen functional groups attached to an aromatic ring is 1. The van der Waals surface area contributed by atoms with Crippen molar-refractivity contribution < 1.29 is 4.74 Å². The Morgan fingerprint density at radius 2 is 1.69 bits per heavy atom. The van der Waals surface area contributed by atoms with Gasteiger partial charge >= 0.3 is 0 Å². The van der Waals surface area contributed by atoms with Gasteiger partial charge in [-0.3, -0.25) is 0 Å². The number of ether oxygens (including phenoxy) is 1. The van der Waals surface area contributed by atoms with E-state index in [1.54, 1.807) is 7.11 Å². The van der Waals surface area contributed by atoms with E-state index in [-0.39, 0.29) is 12.4 Å². The molecule has 16 heavy (non-hydrogen) atoms. The third-order valence-corrected chi connectivity index (χ3v) is 2.31. The van der Waals surface area contributed by atoms with Crippen molar-refractivity contribution in [2.75, 3.05) is 12.8 Å². The Morgan fingerprint density at radius 1 is 1.00 bits per heavy atom. The lowest BCUT2D eigenvalue weighted by Crippen LogP contribution is -1.91. The molecule has 0 aromatic heterocycles. The molecule has 2 aromatic rings. The Morgan fingerprint density at radius 3 is 2.31 bits per heavy atom. The molecule has 2 N–H and O–H groups in total. The van der Waals surface area contributed by atoms with E-state index in [0.29, 0.717) is 5.69 Å². The average molecular weight is 236 g/mol. The van der Waals surface area contributed by atoms with E-state index in [1.165, 1.54) is 0 Å². The summed E-state index contributed by atoms with van der Waals surface area (Å²) in [6.45, 7) is 0. The zero-order valence-corrected chi connectivity index (χ0v) is 9.83. The van der Waals surface area contributed by atoms with Gasteiger partial charge in [0.1, 0.15) is 5.75 Å². The second-order valence-corrected chi connectivity index (χ2v) is 3.33. The lowest BCUT2D eigenvalue weighted by atomic mass is 10.0. The fourth-order valence-electron chi connectivity index (χ4n) is 1.56. The molecule has 0 atom stereocenters. The zero-order valence-electron chi connectivity index (χ0n) is 9.01. The molecular weight excluding hydrogens is 222 g/mol. The Balaban J connectivity index is 0.00000128. The molecule has 0 spiro atoms. The summed E-state index contributed by atoms with van der Waals surface area (Å²) in [7, 11) is 1.65. The molecule has 2 rings (SSSR count). The summed E-state index contributed by atoms with van der Waals surface area (Å²) in [6, 6.07) is 15.8. The first-order valence-corrected chi connectivity index (χ1v) is 4.80. The van der Waals surface area contributed by atoms with Crippen molar-refractivity contribution in [1.29, 1.82) is 0 Å². The van der Waals surface area contributed by atoms with Crippen LogP contribution in [0, 0.1) is 0 Å². The highest BCUT2D eigenvalue weighted by Crippen LogP contribution is 2.31. The topological polar surface area (TPSA) is 35.2 Å². The molecule has 0 aliphatic carbocycles. The predicted molar refractivity (Wildman–Crippen MR) is 70.1 cm³/mol. The van der Waals surface area contributed by atoms with Crippen LogP contribution in [0.15, 0.2) is 48.5 Å². The standard InChI is InChI=1S/C13H13NO.ClH/c1-15-13-9-11(14)7-8-12(13)10-5-3-2-4-6-10;/h2-9H,14H2,1H3;1H. The second-order valence-electron chi connectivity index (χ2n) is 3.33. The summed E-state index contributed by atoms with van der Waals surface area (Å²) in [6.07, 6.45) is 0. The van der Waals surface area contributed by atoms with Crippen LogP contribution in [-0.2, 0) is 0 Å². The molecule has 0 bridgehead atoms. The molecule has 0 aliphatic heterocycles. The molecule has 0 heterocycles. The summed E-state index contributed by atoms with van der Waals surface area (Å²) in [4.78, 5) is 0. The summed E-state index contributed by atoms with van der Waals surface area (Å²) < 4.78 is 5.30. The quantitative estimate of drug-likeness (QED) is 0.810. The Hall–Kier alpha value is -1.67. The molecule has 3 heteroatoms. The molecule has 0 fully saturated rings. The number of methoxy groups -OCH3 is 1. The number of anilines is 1. The van der Waals surface area contributed by atoms with E-state index < -0.39 is 0 Å². The van der Waals surface area contributed by atoms with Gasteiger partial charge < -0.3 is 10.5 Å². The maximum Gasteiger partial charge on any atom is 0.128 e. The molecular formula is C13H14ClNO. The van der Waals surface area contributed by atoms with Gasteiger partial charge in [-0.05, 0) is 17.7 Å². The average Bonchev–Trinajstić information content (AvgIpc) is 2.30. The molecule has 0 radical (unpaired) electrons. The minimum absolute atomic E-state index is 0. The van der Waals surface area contributed by atoms with Crippen LogP contribution in [0.4, 0.5) is 5.69 Å². The minimum Gasteiger partial charge on any atom is -0.496 e. The number of benzene rings is 2. The molecule has 84 valence electrons. The molecule has 2 nitrogen and oxygen atoms in total. The molecule has 0 aliphatic rings. The van der Waals surface area contributed by atoms with Gasteiger partial charge in [-0.2, -0.15) is 0 Å². The SMILES string of the molecule is COc1cc(N)ccc1-c1ccccc1.Cl.